The first-order valence-corrected chi connectivity index (χ1v) is 3.85. The van der Waals surface area contributed by atoms with E-state index in [9.17, 15) is 0 Å². The van der Waals surface area contributed by atoms with Crippen LogP contribution in [0, 0.1) is 4.77 Å². The van der Waals surface area contributed by atoms with Crippen molar-refractivity contribution in [1.29, 1.82) is 0 Å². The van der Waals surface area contributed by atoms with Crippen molar-refractivity contribution in [1.82, 2.24) is 9.97 Å². The number of aromatic nitrogens is 2. The lowest BCUT2D eigenvalue weighted by Gasteiger charge is -2.05. The van der Waals surface area contributed by atoms with Crippen LogP contribution in [-0.4, -0.2) is 24.2 Å². The first-order chi connectivity index (χ1) is 5.69. The number of rotatable bonds is 2. The van der Waals surface area contributed by atoms with Gasteiger partial charge in [-0.2, -0.15) is 4.98 Å². The standard InChI is InChI=1S/C6H7ClN2O2S/c1-10-4-3(7)5(11-2)9-6(12)8-4/h1-2H3,(H,8,9,12). The molecule has 66 valence electrons. The molecule has 12 heavy (non-hydrogen) atoms. The van der Waals surface area contributed by atoms with Gasteiger partial charge in [-0.25, -0.2) is 0 Å². The molecule has 1 aromatic heterocycles. The minimum atomic E-state index is 0.261. The van der Waals surface area contributed by atoms with Crippen LogP contribution in [0.2, 0.25) is 5.02 Å². The van der Waals surface area contributed by atoms with Crippen molar-refractivity contribution >= 4 is 23.8 Å². The Balaban J connectivity index is 3.32. The summed E-state index contributed by atoms with van der Waals surface area (Å²) in [7, 11) is 2.94. The smallest absolute Gasteiger partial charge is 0.240 e. The molecule has 1 N–H and O–H groups in total. The number of hydrogen-bond acceptors (Lipinski definition) is 4. The van der Waals surface area contributed by atoms with Gasteiger partial charge in [-0.3, -0.25) is 0 Å². The Hall–Kier alpha value is -0.810. The van der Waals surface area contributed by atoms with Crippen molar-refractivity contribution in [2.75, 3.05) is 14.2 Å². The minimum absolute atomic E-state index is 0.261. The maximum absolute atomic E-state index is 5.79. The summed E-state index contributed by atoms with van der Waals surface area (Å²) < 4.78 is 10.0. The number of halogens is 1. The van der Waals surface area contributed by atoms with Crippen LogP contribution in [0.5, 0.6) is 11.8 Å². The quantitative estimate of drug-likeness (QED) is 0.750. The Morgan fingerprint density at radius 2 is 2.08 bits per heavy atom. The molecule has 0 aliphatic carbocycles. The maximum atomic E-state index is 5.79. The lowest BCUT2D eigenvalue weighted by atomic mass is 10.6. The van der Waals surface area contributed by atoms with Gasteiger partial charge in [-0.05, 0) is 12.2 Å². The predicted octanol–water partition coefficient (Wildman–Crippen LogP) is 1.81. The van der Waals surface area contributed by atoms with E-state index in [0.717, 1.165) is 0 Å². The number of aromatic amines is 1. The minimum Gasteiger partial charge on any atom is -0.481 e. The van der Waals surface area contributed by atoms with Crippen LogP contribution in [0.1, 0.15) is 0 Å². The van der Waals surface area contributed by atoms with E-state index >= 15 is 0 Å². The number of hydrogen-bond donors (Lipinski definition) is 1. The Bertz CT molecular complexity index is 311. The molecule has 0 amide bonds. The summed E-state index contributed by atoms with van der Waals surface area (Å²) in [6.45, 7) is 0. The second-order valence-electron chi connectivity index (χ2n) is 1.90. The molecular formula is C6H7ClN2O2S. The van der Waals surface area contributed by atoms with Crippen molar-refractivity contribution in [2.45, 2.75) is 0 Å². The summed E-state index contributed by atoms with van der Waals surface area (Å²) in [6.07, 6.45) is 0. The zero-order valence-electron chi connectivity index (χ0n) is 6.55. The molecule has 1 heterocycles. The van der Waals surface area contributed by atoms with Crippen LogP contribution in [-0.2, 0) is 0 Å². The first-order valence-electron chi connectivity index (χ1n) is 3.07. The molecule has 0 aromatic carbocycles. The second kappa shape index (κ2) is 3.73. The molecule has 0 aliphatic rings. The van der Waals surface area contributed by atoms with Gasteiger partial charge >= 0.3 is 0 Å². The second-order valence-corrected chi connectivity index (χ2v) is 2.66. The first kappa shape index (κ1) is 9.28. The highest BCUT2D eigenvalue weighted by atomic mass is 35.5. The van der Waals surface area contributed by atoms with E-state index in [1.54, 1.807) is 0 Å². The molecule has 0 saturated heterocycles. The Kier molecular flexibility index (Phi) is 2.88. The van der Waals surface area contributed by atoms with E-state index in [-0.39, 0.29) is 15.7 Å². The lowest BCUT2D eigenvalue weighted by molar-refractivity contribution is 0.371. The van der Waals surface area contributed by atoms with Crippen LogP contribution in [0.4, 0.5) is 0 Å². The van der Waals surface area contributed by atoms with Crippen molar-refractivity contribution in [3.8, 4) is 11.8 Å². The summed E-state index contributed by atoms with van der Waals surface area (Å²) in [5, 5.41) is 0.286. The topological polar surface area (TPSA) is 47.1 Å². The molecule has 0 fully saturated rings. The fraction of sp³-hybridized carbons (Fsp3) is 0.333. The SMILES string of the molecule is COc1nc(=S)[nH]c(OC)c1Cl. The van der Waals surface area contributed by atoms with Crippen molar-refractivity contribution in [2.24, 2.45) is 0 Å². The van der Waals surface area contributed by atoms with Gasteiger partial charge in [-0.15, -0.1) is 0 Å². The van der Waals surface area contributed by atoms with E-state index in [0.29, 0.717) is 5.88 Å². The zero-order chi connectivity index (χ0) is 9.14. The van der Waals surface area contributed by atoms with Crippen LogP contribution >= 0.6 is 23.8 Å². The third-order valence-corrected chi connectivity index (χ3v) is 1.73. The largest absolute Gasteiger partial charge is 0.481 e. The summed E-state index contributed by atoms with van der Waals surface area (Å²) in [5.41, 5.74) is 0. The molecule has 1 aromatic rings. The molecular weight excluding hydrogens is 200 g/mol. The highest BCUT2D eigenvalue weighted by Gasteiger charge is 2.08. The average Bonchev–Trinajstić information content (AvgIpc) is 2.08. The molecule has 0 atom stereocenters. The number of ether oxygens (including phenoxy) is 2. The highest BCUT2D eigenvalue weighted by Crippen LogP contribution is 2.28. The van der Waals surface area contributed by atoms with Gasteiger partial charge in [0, 0.05) is 0 Å². The summed E-state index contributed by atoms with van der Waals surface area (Å²) >= 11 is 10.6. The van der Waals surface area contributed by atoms with E-state index in [4.69, 9.17) is 33.3 Å². The van der Waals surface area contributed by atoms with Crippen LogP contribution in [0.3, 0.4) is 0 Å². The van der Waals surface area contributed by atoms with E-state index < -0.39 is 0 Å². The van der Waals surface area contributed by atoms with Gasteiger partial charge in [0.25, 0.3) is 0 Å². The van der Waals surface area contributed by atoms with Crippen LogP contribution < -0.4 is 9.47 Å². The number of methoxy groups -OCH3 is 2. The van der Waals surface area contributed by atoms with Crippen molar-refractivity contribution < 1.29 is 9.47 Å². The predicted molar refractivity (Wildman–Crippen MR) is 47.5 cm³/mol. The molecule has 0 radical (unpaired) electrons. The molecule has 0 bridgehead atoms. The Labute approximate surface area is 79.5 Å². The number of nitrogens with one attached hydrogen (secondary N) is 1. The summed E-state index contributed by atoms with van der Waals surface area (Å²) in [5.74, 6) is 0.616. The Morgan fingerprint density at radius 3 is 2.58 bits per heavy atom. The molecule has 1 rings (SSSR count). The third kappa shape index (κ3) is 1.67. The van der Waals surface area contributed by atoms with E-state index in [2.05, 4.69) is 9.97 Å². The average molecular weight is 207 g/mol. The normalized spacial score (nSPS) is 9.58. The number of nitrogens with zero attached hydrogens (tertiary/aromatic N) is 1. The van der Waals surface area contributed by atoms with Crippen LogP contribution in [0.25, 0.3) is 0 Å². The molecule has 4 nitrogen and oxygen atoms in total. The van der Waals surface area contributed by atoms with Gasteiger partial charge in [0.2, 0.25) is 16.5 Å². The van der Waals surface area contributed by atoms with Crippen molar-refractivity contribution in [3.05, 3.63) is 9.79 Å². The zero-order valence-corrected chi connectivity index (χ0v) is 8.12. The number of H-pyrrole nitrogens is 1. The van der Waals surface area contributed by atoms with Gasteiger partial charge in [0.1, 0.15) is 0 Å². The molecule has 0 saturated carbocycles. The van der Waals surface area contributed by atoms with Crippen molar-refractivity contribution in [3.63, 3.8) is 0 Å². The van der Waals surface area contributed by atoms with E-state index in [1.807, 2.05) is 0 Å². The molecule has 0 unspecified atom stereocenters. The van der Waals surface area contributed by atoms with Gasteiger partial charge in [-0.1, -0.05) is 11.6 Å². The van der Waals surface area contributed by atoms with Gasteiger partial charge in [0.15, 0.2) is 5.02 Å². The van der Waals surface area contributed by atoms with Gasteiger partial charge in [0.05, 0.1) is 14.2 Å². The summed E-state index contributed by atoms with van der Waals surface area (Å²) in [4.78, 5) is 6.49. The molecule has 0 aliphatic heterocycles. The fourth-order valence-corrected chi connectivity index (χ4v) is 1.11. The fourth-order valence-electron chi connectivity index (χ4n) is 0.694. The Morgan fingerprint density at radius 1 is 1.42 bits per heavy atom. The highest BCUT2D eigenvalue weighted by molar-refractivity contribution is 7.71. The maximum Gasteiger partial charge on any atom is 0.240 e. The third-order valence-electron chi connectivity index (χ3n) is 1.21. The molecule has 0 spiro atoms. The monoisotopic (exact) mass is 206 g/mol. The van der Waals surface area contributed by atoms with E-state index in [1.165, 1.54) is 14.2 Å². The lowest BCUT2D eigenvalue weighted by Crippen LogP contribution is -1.95. The van der Waals surface area contributed by atoms with Gasteiger partial charge < -0.3 is 14.5 Å². The molecule has 6 heteroatoms. The summed E-state index contributed by atoms with van der Waals surface area (Å²) in [6, 6.07) is 0. The van der Waals surface area contributed by atoms with Crippen LogP contribution in [0.15, 0.2) is 0 Å².